The maximum Gasteiger partial charge on any atom is 0.165 e. The predicted octanol–water partition coefficient (Wildman–Crippen LogP) is 2.76. The van der Waals surface area contributed by atoms with Crippen molar-refractivity contribution < 1.29 is 5.11 Å². The highest BCUT2D eigenvalue weighted by atomic mass is 79.9. The van der Waals surface area contributed by atoms with Gasteiger partial charge >= 0.3 is 0 Å². The normalized spacial score (nSPS) is 12.2. The lowest BCUT2D eigenvalue weighted by atomic mass is 10.2. The first-order chi connectivity index (χ1) is 9.60. The zero-order valence-corrected chi connectivity index (χ0v) is 12.8. The number of aromatic nitrogens is 2. The van der Waals surface area contributed by atoms with E-state index in [0.29, 0.717) is 23.8 Å². The summed E-state index contributed by atoms with van der Waals surface area (Å²) < 4.78 is 0.861. The van der Waals surface area contributed by atoms with Gasteiger partial charge in [0.15, 0.2) is 5.82 Å². The first-order valence-corrected chi connectivity index (χ1v) is 7.21. The monoisotopic (exact) mass is 336 g/mol. The van der Waals surface area contributed by atoms with Crippen LogP contribution in [-0.4, -0.2) is 27.7 Å². The smallest absolute Gasteiger partial charge is 0.165 e. The molecule has 0 saturated carbocycles. The van der Waals surface area contributed by atoms with Crippen LogP contribution in [0.5, 0.6) is 5.75 Å². The van der Waals surface area contributed by atoms with E-state index in [4.69, 9.17) is 5.73 Å². The molecule has 0 bridgehead atoms. The van der Waals surface area contributed by atoms with Gasteiger partial charge in [0.05, 0.1) is 5.56 Å². The molecule has 0 radical (unpaired) electrons. The van der Waals surface area contributed by atoms with E-state index in [1.165, 1.54) is 0 Å². The van der Waals surface area contributed by atoms with Gasteiger partial charge in [0.2, 0.25) is 0 Å². The van der Waals surface area contributed by atoms with Crippen LogP contribution in [0.2, 0.25) is 0 Å². The van der Waals surface area contributed by atoms with Gasteiger partial charge in [0, 0.05) is 23.3 Å². The summed E-state index contributed by atoms with van der Waals surface area (Å²) >= 11 is 3.37. The number of phenols is 1. The minimum Gasteiger partial charge on any atom is -0.507 e. The lowest BCUT2D eigenvalue weighted by Gasteiger charge is -2.11. The van der Waals surface area contributed by atoms with Gasteiger partial charge in [-0.3, -0.25) is 0 Å². The number of rotatable bonds is 5. The van der Waals surface area contributed by atoms with Crippen LogP contribution in [-0.2, 0) is 0 Å². The second-order valence-electron chi connectivity index (χ2n) is 4.48. The summed E-state index contributed by atoms with van der Waals surface area (Å²) in [4.78, 5) is 8.59. The minimum atomic E-state index is 0.0905. The minimum absolute atomic E-state index is 0.0905. The second-order valence-corrected chi connectivity index (χ2v) is 5.39. The second kappa shape index (κ2) is 6.67. The summed E-state index contributed by atoms with van der Waals surface area (Å²) in [5, 5.41) is 13.1. The standard InChI is InChI=1S/C14H17BrN4O/c1-2-10(16)8-18-13-5-6-17-14(19-13)11-7-9(15)3-4-12(11)20/h3-7,10,20H,2,8,16H2,1H3,(H,17,18,19). The molecule has 20 heavy (non-hydrogen) atoms. The molecule has 5 nitrogen and oxygen atoms in total. The average molecular weight is 337 g/mol. The molecule has 2 rings (SSSR count). The van der Waals surface area contributed by atoms with E-state index < -0.39 is 0 Å². The largest absolute Gasteiger partial charge is 0.507 e. The van der Waals surface area contributed by atoms with Gasteiger partial charge in [-0.1, -0.05) is 22.9 Å². The summed E-state index contributed by atoms with van der Waals surface area (Å²) in [5.74, 6) is 1.31. The zero-order chi connectivity index (χ0) is 14.5. The number of phenolic OH excluding ortho intramolecular Hbond substituents is 1. The van der Waals surface area contributed by atoms with Gasteiger partial charge < -0.3 is 16.2 Å². The Morgan fingerprint density at radius 1 is 1.40 bits per heavy atom. The first kappa shape index (κ1) is 14.7. The maximum absolute atomic E-state index is 9.89. The third-order valence-corrected chi connectivity index (χ3v) is 3.42. The van der Waals surface area contributed by atoms with Crippen LogP contribution in [0.4, 0.5) is 5.82 Å². The van der Waals surface area contributed by atoms with Crippen molar-refractivity contribution in [3.63, 3.8) is 0 Å². The lowest BCUT2D eigenvalue weighted by Crippen LogP contribution is -2.28. The van der Waals surface area contributed by atoms with E-state index >= 15 is 0 Å². The van der Waals surface area contributed by atoms with Crippen LogP contribution in [0.15, 0.2) is 34.9 Å². The number of anilines is 1. The van der Waals surface area contributed by atoms with Crippen LogP contribution in [0.1, 0.15) is 13.3 Å². The highest BCUT2D eigenvalue weighted by Crippen LogP contribution is 2.29. The van der Waals surface area contributed by atoms with Crippen LogP contribution in [0.25, 0.3) is 11.4 Å². The Morgan fingerprint density at radius 3 is 2.95 bits per heavy atom. The van der Waals surface area contributed by atoms with Crippen LogP contribution in [0.3, 0.4) is 0 Å². The third kappa shape index (κ3) is 3.68. The average Bonchev–Trinajstić information content (AvgIpc) is 2.47. The van der Waals surface area contributed by atoms with Gasteiger partial charge in [0.1, 0.15) is 11.6 Å². The molecule has 0 amide bonds. The van der Waals surface area contributed by atoms with E-state index in [2.05, 4.69) is 31.2 Å². The Labute approximate surface area is 126 Å². The molecule has 1 aromatic carbocycles. The maximum atomic E-state index is 9.89. The number of hydrogen-bond donors (Lipinski definition) is 3. The number of aromatic hydroxyl groups is 1. The molecule has 1 aromatic heterocycles. The summed E-state index contributed by atoms with van der Waals surface area (Å²) in [6.07, 6.45) is 2.56. The highest BCUT2D eigenvalue weighted by Gasteiger charge is 2.09. The van der Waals surface area contributed by atoms with Crippen LogP contribution in [0, 0.1) is 0 Å². The van der Waals surface area contributed by atoms with E-state index in [-0.39, 0.29) is 11.8 Å². The summed E-state index contributed by atoms with van der Waals surface area (Å²) in [6, 6.07) is 7.03. The topological polar surface area (TPSA) is 84.1 Å². The molecule has 4 N–H and O–H groups in total. The van der Waals surface area contributed by atoms with Crippen LogP contribution < -0.4 is 11.1 Å². The summed E-state index contributed by atoms with van der Waals surface area (Å²) in [7, 11) is 0. The van der Waals surface area contributed by atoms with Crippen molar-refractivity contribution in [3.05, 3.63) is 34.9 Å². The molecule has 0 aliphatic heterocycles. The van der Waals surface area contributed by atoms with Crippen molar-refractivity contribution in [2.75, 3.05) is 11.9 Å². The molecule has 106 valence electrons. The van der Waals surface area contributed by atoms with Crippen molar-refractivity contribution in [2.45, 2.75) is 19.4 Å². The van der Waals surface area contributed by atoms with E-state index in [9.17, 15) is 5.11 Å². The molecule has 6 heteroatoms. The van der Waals surface area contributed by atoms with Crippen molar-refractivity contribution in [1.29, 1.82) is 0 Å². The van der Waals surface area contributed by atoms with E-state index in [1.54, 1.807) is 30.5 Å². The van der Waals surface area contributed by atoms with Gasteiger partial charge in [-0.25, -0.2) is 9.97 Å². The lowest BCUT2D eigenvalue weighted by molar-refractivity contribution is 0.477. The van der Waals surface area contributed by atoms with Gasteiger partial charge in [-0.2, -0.15) is 0 Å². The number of nitrogens with two attached hydrogens (primary N) is 1. The number of halogens is 1. The number of hydrogen-bond acceptors (Lipinski definition) is 5. The molecule has 1 unspecified atom stereocenters. The van der Waals surface area contributed by atoms with E-state index in [1.807, 2.05) is 6.92 Å². The van der Waals surface area contributed by atoms with Crippen LogP contribution >= 0.6 is 15.9 Å². The molecule has 0 aliphatic carbocycles. The number of nitrogens with zero attached hydrogens (tertiary/aromatic N) is 2. The quantitative estimate of drug-likeness (QED) is 0.781. The Morgan fingerprint density at radius 2 is 2.20 bits per heavy atom. The van der Waals surface area contributed by atoms with Gasteiger partial charge in [-0.05, 0) is 30.7 Å². The zero-order valence-electron chi connectivity index (χ0n) is 11.2. The van der Waals surface area contributed by atoms with Crippen molar-refractivity contribution in [1.82, 2.24) is 9.97 Å². The molecule has 1 heterocycles. The van der Waals surface area contributed by atoms with Gasteiger partial charge in [-0.15, -0.1) is 0 Å². The third-order valence-electron chi connectivity index (χ3n) is 2.92. The molecule has 0 spiro atoms. The summed E-state index contributed by atoms with van der Waals surface area (Å²) in [5.41, 5.74) is 6.45. The summed E-state index contributed by atoms with van der Waals surface area (Å²) in [6.45, 7) is 2.69. The van der Waals surface area contributed by atoms with Crippen molar-refractivity contribution in [2.24, 2.45) is 5.73 Å². The predicted molar refractivity (Wildman–Crippen MR) is 83.6 cm³/mol. The highest BCUT2D eigenvalue weighted by molar-refractivity contribution is 9.10. The number of benzene rings is 1. The Kier molecular flexibility index (Phi) is 4.92. The Bertz CT molecular complexity index is 591. The molecule has 0 aliphatic rings. The SMILES string of the molecule is CCC(N)CNc1ccnc(-c2cc(Br)ccc2O)n1. The molecule has 1 atom stereocenters. The molecular weight excluding hydrogens is 320 g/mol. The molecule has 0 saturated heterocycles. The van der Waals surface area contributed by atoms with E-state index in [0.717, 1.165) is 10.9 Å². The molecular formula is C14H17BrN4O. The fourth-order valence-corrected chi connectivity index (χ4v) is 2.02. The van der Waals surface area contributed by atoms with Crippen molar-refractivity contribution in [3.8, 4) is 17.1 Å². The first-order valence-electron chi connectivity index (χ1n) is 6.41. The van der Waals surface area contributed by atoms with Gasteiger partial charge in [0.25, 0.3) is 0 Å². The fourth-order valence-electron chi connectivity index (χ4n) is 1.65. The van der Waals surface area contributed by atoms with Crippen molar-refractivity contribution >= 4 is 21.7 Å². The number of nitrogens with one attached hydrogen (secondary N) is 1. The fraction of sp³-hybridized carbons (Fsp3) is 0.286. The Hall–Kier alpha value is -1.66. The molecule has 2 aromatic rings. The Balaban J connectivity index is 2.23. The molecule has 0 fully saturated rings.